The third kappa shape index (κ3) is 3.63. The fourth-order valence-electron chi connectivity index (χ4n) is 4.41. The van der Waals surface area contributed by atoms with E-state index >= 15 is 0 Å². The zero-order valence-electron chi connectivity index (χ0n) is 16.5. The Morgan fingerprint density at radius 1 is 1.19 bits per heavy atom. The van der Waals surface area contributed by atoms with Gasteiger partial charge in [0.25, 0.3) is 5.92 Å². The second-order valence-electron chi connectivity index (χ2n) is 8.24. The van der Waals surface area contributed by atoms with Crippen LogP contribution in [0.25, 0.3) is 5.65 Å². The number of sulfonamides is 1. The Hall–Kier alpha value is -2.40. The number of alkyl halides is 2. The van der Waals surface area contributed by atoms with Crippen molar-refractivity contribution in [3.05, 3.63) is 66.1 Å². The van der Waals surface area contributed by atoms with Gasteiger partial charge >= 0.3 is 0 Å². The number of benzene rings is 1. The minimum Gasteiger partial charge on any atom is -0.374 e. The fourth-order valence-corrected chi connectivity index (χ4v) is 5.94. The largest absolute Gasteiger partial charge is 0.374 e. The molecule has 10 heteroatoms. The molecule has 0 bridgehead atoms. The zero-order chi connectivity index (χ0) is 21.8. The first-order chi connectivity index (χ1) is 14.7. The molecule has 0 radical (unpaired) electrons. The van der Waals surface area contributed by atoms with Gasteiger partial charge in [-0.05, 0) is 35.7 Å². The first kappa shape index (κ1) is 20.5. The number of pyridine rings is 1. The highest BCUT2D eigenvalue weighted by molar-refractivity contribution is 7.89. The Kier molecular flexibility index (Phi) is 4.85. The molecule has 1 aromatic carbocycles. The van der Waals surface area contributed by atoms with Gasteiger partial charge in [0, 0.05) is 56.1 Å². The summed E-state index contributed by atoms with van der Waals surface area (Å²) in [6.45, 7) is 0.347. The quantitative estimate of drug-likeness (QED) is 0.566. The van der Waals surface area contributed by atoms with E-state index in [-0.39, 0.29) is 30.3 Å². The first-order valence-corrected chi connectivity index (χ1v) is 11.5. The lowest BCUT2D eigenvalue weighted by atomic mass is 9.72. The predicted octanol–water partition coefficient (Wildman–Crippen LogP) is 2.39. The van der Waals surface area contributed by atoms with Crippen molar-refractivity contribution in [2.45, 2.75) is 30.0 Å². The molecule has 2 N–H and O–H groups in total. The number of imidazole rings is 1. The van der Waals surface area contributed by atoms with E-state index in [1.54, 1.807) is 47.3 Å². The zero-order valence-corrected chi connectivity index (χ0v) is 17.3. The van der Waals surface area contributed by atoms with E-state index in [1.165, 1.54) is 16.4 Å². The summed E-state index contributed by atoms with van der Waals surface area (Å²) >= 11 is 0. The molecule has 31 heavy (non-hydrogen) atoms. The molecule has 3 aromatic rings. The van der Waals surface area contributed by atoms with Crippen LogP contribution in [0.5, 0.6) is 0 Å². The molecule has 2 fully saturated rings. The van der Waals surface area contributed by atoms with Crippen molar-refractivity contribution in [3.63, 3.8) is 0 Å². The highest BCUT2D eigenvalue weighted by atomic mass is 32.2. The van der Waals surface area contributed by atoms with Crippen LogP contribution in [0.15, 0.2) is 59.9 Å². The van der Waals surface area contributed by atoms with E-state index in [2.05, 4.69) is 10.3 Å². The predicted molar refractivity (Wildman–Crippen MR) is 109 cm³/mol. The van der Waals surface area contributed by atoms with Crippen molar-refractivity contribution in [3.8, 4) is 0 Å². The highest BCUT2D eigenvalue weighted by Crippen LogP contribution is 2.52. The van der Waals surface area contributed by atoms with Gasteiger partial charge in [-0.1, -0.05) is 12.1 Å². The van der Waals surface area contributed by atoms with Crippen molar-refractivity contribution in [1.82, 2.24) is 19.0 Å². The molecule has 3 heterocycles. The third-order valence-corrected chi connectivity index (χ3v) is 8.12. The second-order valence-corrected chi connectivity index (χ2v) is 10.2. The molecule has 164 valence electrons. The number of aliphatic hydroxyl groups excluding tert-OH is 1. The second kappa shape index (κ2) is 7.33. The minimum atomic E-state index is -3.80. The lowest BCUT2D eigenvalue weighted by Gasteiger charge is -2.38. The molecule has 3 atom stereocenters. The summed E-state index contributed by atoms with van der Waals surface area (Å²) in [5.41, 5.74) is 2.24. The fraction of sp³-hybridized carbons (Fsp3) is 0.381. The summed E-state index contributed by atoms with van der Waals surface area (Å²) in [5, 5.41) is 13.4. The summed E-state index contributed by atoms with van der Waals surface area (Å²) in [6.07, 6.45) is 4.11. The van der Waals surface area contributed by atoms with E-state index in [4.69, 9.17) is 0 Å². The Bertz CT molecular complexity index is 1210. The molecule has 1 aliphatic carbocycles. The van der Waals surface area contributed by atoms with Gasteiger partial charge in [0.2, 0.25) is 10.0 Å². The Morgan fingerprint density at radius 2 is 1.97 bits per heavy atom. The SMILES string of the molecule is O=S(=O)(c1ccc(CNC(O)c2ccc3nccn3c2)cc1)N1CC2CC(F)(F)C2C1. The number of hydrogen-bond donors (Lipinski definition) is 2. The summed E-state index contributed by atoms with van der Waals surface area (Å²) in [7, 11) is -3.80. The lowest BCUT2D eigenvalue weighted by molar-refractivity contribution is -0.152. The summed E-state index contributed by atoms with van der Waals surface area (Å²) < 4.78 is 55.8. The number of halogens is 2. The van der Waals surface area contributed by atoms with Gasteiger partial charge in [-0.3, -0.25) is 5.32 Å². The van der Waals surface area contributed by atoms with Gasteiger partial charge in [0.1, 0.15) is 11.9 Å². The van der Waals surface area contributed by atoms with Crippen LogP contribution in [-0.2, 0) is 16.6 Å². The van der Waals surface area contributed by atoms with Gasteiger partial charge in [0.15, 0.2) is 0 Å². The van der Waals surface area contributed by atoms with E-state index in [9.17, 15) is 22.3 Å². The number of nitrogens with one attached hydrogen (secondary N) is 1. The number of fused-ring (bicyclic) bond motifs is 2. The van der Waals surface area contributed by atoms with Crippen LogP contribution in [0.1, 0.15) is 23.8 Å². The smallest absolute Gasteiger partial charge is 0.252 e. The molecule has 1 aliphatic heterocycles. The number of nitrogens with zero attached hydrogens (tertiary/aromatic N) is 3. The van der Waals surface area contributed by atoms with Crippen molar-refractivity contribution in [2.24, 2.45) is 11.8 Å². The van der Waals surface area contributed by atoms with Crippen molar-refractivity contribution in [1.29, 1.82) is 0 Å². The standard InChI is InChI=1S/C21H22F2N4O3S/c22-21(23)9-16-12-27(13-18(16)21)31(29,30)17-4-1-14(2-5-17)10-25-20(28)15-3-6-19-24-7-8-26(19)11-15/h1-8,11,16,18,20,25,28H,9-10,12-13H2. The molecule has 2 aromatic heterocycles. The molecule has 2 aliphatic rings. The molecule has 5 rings (SSSR count). The average Bonchev–Trinajstić information content (AvgIpc) is 3.37. The summed E-state index contributed by atoms with van der Waals surface area (Å²) in [5.74, 6) is -3.88. The Balaban J connectivity index is 1.22. The first-order valence-electron chi connectivity index (χ1n) is 10.0. The van der Waals surface area contributed by atoms with Gasteiger partial charge < -0.3 is 9.51 Å². The van der Waals surface area contributed by atoms with Crippen molar-refractivity contribution < 1.29 is 22.3 Å². The molecular formula is C21H22F2N4O3S. The summed E-state index contributed by atoms with van der Waals surface area (Å²) in [4.78, 5) is 4.25. The van der Waals surface area contributed by atoms with Gasteiger partial charge in [-0.15, -0.1) is 0 Å². The van der Waals surface area contributed by atoms with Crippen LogP contribution < -0.4 is 5.32 Å². The van der Waals surface area contributed by atoms with Gasteiger partial charge in [-0.2, -0.15) is 4.31 Å². The lowest BCUT2D eigenvalue weighted by Crippen LogP contribution is -2.46. The number of aliphatic hydroxyl groups is 1. The van der Waals surface area contributed by atoms with E-state index < -0.39 is 28.1 Å². The van der Waals surface area contributed by atoms with Gasteiger partial charge in [-0.25, -0.2) is 22.2 Å². The molecule has 0 amide bonds. The van der Waals surface area contributed by atoms with Crippen LogP contribution in [0, 0.1) is 11.8 Å². The molecule has 3 unspecified atom stereocenters. The third-order valence-electron chi connectivity index (χ3n) is 6.27. The highest BCUT2D eigenvalue weighted by Gasteiger charge is 2.61. The molecule has 7 nitrogen and oxygen atoms in total. The molecule has 0 spiro atoms. The van der Waals surface area contributed by atoms with Crippen molar-refractivity contribution in [2.75, 3.05) is 13.1 Å². The monoisotopic (exact) mass is 448 g/mol. The Labute approximate surface area is 178 Å². The maximum absolute atomic E-state index is 13.6. The number of hydrogen-bond acceptors (Lipinski definition) is 5. The van der Waals surface area contributed by atoms with Crippen LogP contribution in [0.3, 0.4) is 0 Å². The van der Waals surface area contributed by atoms with E-state index in [1.807, 2.05) is 0 Å². The average molecular weight is 448 g/mol. The van der Waals surface area contributed by atoms with Gasteiger partial charge in [0.05, 0.1) is 4.90 Å². The summed E-state index contributed by atoms with van der Waals surface area (Å²) in [6, 6.07) is 9.86. The van der Waals surface area contributed by atoms with E-state index in [0.717, 1.165) is 11.2 Å². The normalized spacial score (nSPS) is 24.1. The van der Waals surface area contributed by atoms with Crippen molar-refractivity contribution >= 4 is 15.7 Å². The van der Waals surface area contributed by atoms with Crippen LogP contribution in [0.4, 0.5) is 8.78 Å². The maximum Gasteiger partial charge on any atom is 0.252 e. The maximum atomic E-state index is 13.6. The number of aromatic nitrogens is 2. The molecule has 1 saturated heterocycles. The topological polar surface area (TPSA) is 86.9 Å². The molecular weight excluding hydrogens is 426 g/mol. The van der Waals surface area contributed by atoms with Crippen LogP contribution in [-0.4, -0.2) is 46.2 Å². The number of rotatable bonds is 6. The van der Waals surface area contributed by atoms with Crippen LogP contribution >= 0.6 is 0 Å². The minimum absolute atomic E-state index is 0.0898. The van der Waals surface area contributed by atoms with E-state index in [0.29, 0.717) is 12.1 Å². The Morgan fingerprint density at radius 3 is 2.68 bits per heavy atom. The molecule has 1 saturated carbocycles. The van der Waals surface area contributed by atoms with Crippen LogP contribution in [0.2, 0.25) is 0 Å².